The topological polar surface area (TPSA) is 72.6 Å². The van der Waals surface area contributed by atoms with E-state index in [0.29, 0.717) is 53.2 Å². The summed E-state index contributed by atoms with van der Waals surface area (Å²) in [5, 5.41) is 0.653. The van der Waals surface area contributed by atoms with E-state index in [9.17, 15) is 9.59 Å². The predicted octanol–water partition coefficient (Wildman–Crippen LogP) is 3.96. The number of ketones is 2. The molecule has 0 saturated carbocycles. The predicted molar refractivity (Wildman–Crippen MR) is 109 cm³/mol. The van der Waals surface area contributed by atoms with Gasteiger partial charge in [-0.05, 0) is 24.3 Å². The number of hydrogen-bond donors (Lipinski definition) is 0. The number of rotatable bonds is 2. The number of carbonyl (C=O) groups excluding carboxylic acids is 2. The lowest BCUT2D eigenvalue weighted by atomic mass is 9.87. The van der Waals surface area contributed by atoms with Crippen LogP contribution < -0.4 is 4.74 Å². The van der Waals surface area contributed by atoms with Crippen LogP contribution in [0.25, 0.3) is 11.0 Å². The third-order valence-corrected chi connectivity index (χ3v) is 5.66. The van der Waals surface area contributed by atoms with Crippen LogP contribution in [0.2, 0.25) is 0 Å². The Balaban J connectivity index is 1.45. The number of hydrogen-bond acceptors (Lipinski definition) is 6. The average molecular weight is 396 g/mol. The van der Waals surface area contributed by atoms with Crippen molar-refractivity contribution in [3.05, 3.63) is 94.5 Å². The summed E-state index contributed by atoms with van der Waals surface area (Å²) in [6.07, 6.45) is 1.77. The van der Waals surface area contributed by atoms with Crippen molar-refractivity contribution in [3.63, 3.8) is 0 Å². The van der Waals surface area contributed by atoms with Crippen LogP contribution >= 0.6 is 0 Å². The zero-order valence-corrected chi connectivity index (χ0v) is 15.9. The van der Waals surface area contributed by atoms with Crippen molar-refractivity contribution < 1.29 is 18.7 Å². The molecule has 30 heavy (non-hydrogen) atoms. The summed E-state index contributed by atoms with van der Waals surface area (Å²) in [5.74, 6) is 0.389. The Morgan fingerprint density at radius 1 is 0.933 bits per heavy atom. The van der Waals surface area contributed by atoms with Gasteiger partial charge in [0.15, 0.2) is 11.5 Å². The summed E-state index contributed by atoms with van der Waals surface area (Å²) >= 11 is 0. The molecular formula is C24H16N2O4. The first-order valence-electron chi connectivity index (χ1n) is 9.72. The molecule has 0 N–H and O–H groups in total. The van der Waals surface area contributed by atoms with Crippen molar-refractivity contribution in [1.29, 1.82) is 0 Å². The van der Waals surface area contributed by atoms with Crippen LogP contribution in [0.1, 0.15) is 43.3 Å². The molecule has 0 radical (unpaired) electrons. The van der Waals surface area contributed by atoms with E-state index in [1.807, 2.05) is 30.3 Å². The number of nitrogens with zero attached hydrogens (tertiary/aromatic N) is 2. The Labute approximate surface area is 171 Å². The summed E-state index contributed by atoms with van der Waals surface area (Å²) in [7, 11) is 0. The van der Waals surface area contributed by atoms with E-state index in [2.05, 4.69) is 9.88 Å². The number of benzene rings is 2. The number of ether oxygens (including phenoxy) is 1. The Kier molecular flexibility index (Phi) is 3.63. The molecule has 1 aliphatic carbocycles. The third kappa shape index (κ3) is 2.44. The molecule has 6 heteroatoms. The van der Waals surface area contributed by atoms with Crippen LogP contribution in [0, 0.1) is 0 Å². The van der Waals surface area contributed by atoms with Gasteiger partial charge >= 0.3 is 0 Å². The fourth-order valence-electron chi connectivity index (χ4n) is 4.26. The first kappa shape index (κ1) is 17.1. The maximum absolute atomic E-state index is 13.1. The van der Waals surface area contributed by atoms with Crippen LogP contribution in [0.3, 0.4) is 0 Å². The molecule has 4 aromatic rings. The molecule has 3 heterocycles. The van der Waals surface area contributed by atoms with Gasteiger partial charge in [0.2, 0.25) is 5.78 Å². The van der Waals surface area contributed by atoms with Crippen molar-refractivity contribution in [2.75, 3.05) is 6.73 Å². The highest BCUT2D eigenvalue weighted by atomic mass is 16.5. The molecule has 0 bridgehead atoms. The second kappa shape index (κ2) is 6.37. The highest BCUT2D eigenvalue weighted by Gasteiger charge is 2.36. The van der Waals surface area contributed by atoms with E-state index in [0.717, 1.165) is 11.3 Å². The minimum atomic E-state index is -0.257. The Bertz CT molecular complexity index is 1340. The summed E-state index contributed by atoms with van der Waals surface area (Å²) < 4.78 is 12.0. The van der Waals surface area contributed by atoms with Gasteiger partial charge in [-0.25, -0.2) is 0 Å². The highest BCUT2D eigenvalue weighted by molar-refractivity contribution is 6.31. The minimum absolute atomic E-state index is 0.115. The van der Waals surface area contributed by atoms with Gasteiger partial charge < -0.3 is 9.15 Å². The lowest BCUT2D eigenvalue weighted by molar-refractivity contribution is 0.0877. The van der Waals surface area contributed by atoms with Crippen molar-refractivity contribution >= 4 is 22.5 Å². The van der Waals surface area contributed by atoms with E-state index >= 15 is 0 Å². The number of aromatic nitrogens is 1. The number of carbonyl (C=O) groups is 2. The normalized spacial score (nSPS) is 15.5. The number of fused-ring (bicyclic) bond motifs is 6. The van der Waals surface area contributed by atoms with Crippen molar-refractivity contribution in [2.45, 2.75) is 13.1 Å². The van der Waals surface area contributed by atoms with Crippen molar-refractivity contribution in [1.82, 2.24) is 9.88 Å². The third-order valence-electron chi connectivity index (χ3n) is 5.66. The molecule has 0 atom stereocenters. The van der Waals surface area contributed by atoms with Gasteiger partial charge in [0.05, 0.1) is 16.8 Å². The quantitative estimate of drug-likeness (QED) is 0.450. The Hall–Kier alpha value is -3.77. The molecule has 6 nitrogen and oxygen atoms in total. The van der Waals surface area contributed by atoms with E-state index in [4.69, 9.17) is 9.15 Å². The Morgan fingerprint density at radius 2 is 1.73 bits per heavy atom. The minimum Gasteiger partial charge on any atom is -0.478 e. The zero-order valence-electron chi connectivity index (χ0n) is 15.9. The molecule has 2 aromatic heterocycles. The van der Waals surface area contributed by atoms with Gasteiger partial charge in [0.25, 0.3) is 0 Å². The first-order chi connectivity index (χ1) is 14.7. The van der Waals surface area contributed by atoms with Crippen LogP contribution in [0.4, 0.5) is 0 Å². The largest absolute Gasteiger partial charge is 0.478 e. The molecule has 1 aliphatic heterocycles. The second-order valence-corrected chi connectivity index (χ2v) is 7.51. The zero-order chi connectivity index (χ0) is 20.2. The molecule has 146 valence electrons. The van der Waals surface area contributed by atoms with E-state index < -0.39 is 0 Å². The van der Waals surface area contributed by atoms with Crippen molar-refractivity contribution in [2.24, 2.45) is 0 Å². The lowest BCUT2D eigenvalue weighted by Gasteiger charge is -2.28. The fraction of sp³-hybridized carbons (Fsp3) is 0.125. The van der Waals surface area contributed by atoms with Crippen LogP contribution in [0.5, 0.6) is 5.75 Å². The molecule has 2 aromatic carbocycles. The standard InChI is InChI=1S/C24H16N2O4/c27-21-15-6-1-2-7-16(15)22(28)24-20(21)17-8-9-19-18(23(17)30-24)12-26(13-29-19)11-14-5-3-4-10-25-14/h1-10H,11-13H2. The first-order valence-corrected chi connectivity index (χ1v) is 9.72. The molecule has 0 spiro atoms. The molecule has 0 fully saturated rings. The Morgan fingerprint density at radius 3 is 2.53 bits per heavy atom. The molecular weight excluding hydrogens is 380 g/mol. The highest BCUT2D eigenvalue weighted by Crippen LogP contribution is 2.40. The maximum Gasteiger partial charge on any atom is 0.229 e. The second-order valence-electron chi connectivity index (χ2n) is 7.51. The molecule has 2 aliphatic rings. The van der Waals surface area contributed by atoms with Crippen LogP contribution in [-0.2, 0) is 13.1 Å². The molecule has 6 rings (SSSR count). The maximum atomic E-state index is 13.1. The number of pyridine rings is 1. The smallest absolute Gasteiger partial charge is 0.229 e. The van der Waals surface area contributed by atoms with Gasteiger partial charge in [-0.15, -0.1) is 0 Å². The fourth-order valence-corrected chi connectivity index (χ4v) is 4.26. The van der Waals surface area contributed by atoms with E-state index in [1.165, 1.54) is 0 Å². The average Bonchev–Trinajstić information content (AvgIpc) is 3.19. The SMILES string of the molecule is O=C1c2ccccc2C(=O)c2c1oc1c3c(ccc21)OCN(Cc1ccccn1)C3. The van der Waals surface area contributed by atoms with E-state index in [1.54, 1.807) is 30.5 Å². The number of furan rings is 1. The summed E-state index contributed by atoms with van der Waals surface area (Å²) in [5.41, 5.74) is 3.47. The summed E-state index contributed by atoms with van der Waals surface area (Å²) in [4.78, 5) is 32.6. The van der Waals surface area contributed by atoms with Gasteiger partial charge in [0, 0.05) is 35.8 Å². The summed E-state index contributed by atoms with van der Waals surface area (Å²) in [6.45, 7) is 1.63. The van der Waals surface area contributed by atoms with E-state index in [-0.39, 0.29) is 17.3 Å². The van der Waals surface area contributed by atoms with Crippen molar-refractivity contribution in [3.8, 4) is 5.75 Å². The van der Waals surface area contributed by atoms with Gasteiger partial charge in [0.1, 0.15) is 18.1 Å². The molecule has 0 unspecified atom stereocenters. The van der Waals surface area contributed by atoms with Crippen LogP contribution in [-0.4, -0.2) is 28.2 Å². The lowest BCUT2D eigenvalue weighted by Crippen LogP contribution is -2.31. The van der Waals surface area contributed by atoms with Crippen LogP contribution in [0.15, 0.2) is 65.2 Å². The van der Waals surface area contributed by atoms with Gasteiger partial charge in [-0.3, -0.25) is 19.5 Å². The van der Waals surface area contributed by atoms with Gasteiger partial charge in [-0.1, -0.05) is 30.3 Å². The molecule has 0 saturated heterocycles. The monoisotopic (exact) mass is 396 g/mol. The van der Waals surface area contributed by atoms with Gasteiger partial charge in [-0.2, -0.15) is 0 Å². The molecule has 0 amide bonds. The summed E-state index contributed by atoms with van der Waals surface area (Å²) in [6, 6.07) is 16.3.